The van der Waals surface area contributed by atoms with Gasteiger partial charge in [-0.1, -0.05) is 54.6 Å². The third kappa shape index (κ3) is 3.74. The fraction of sp³-hybridized carbons (Fsp3) is 0. The highest BCUT2D eigenvalue weighted by Gasteiger charge is 2.12. The largest absolute Gasteiger partial charge is 0.507 e. The van der Waals surface area contributed by atoms with Crippen molar-refractivity contribution in [2.24, 2.45) is 0 Å². The number of hydrogen-bond acceptors (Lipinski definition) is 6. The molecule has 4 rings (SSSR count). The summed E-state index contributed by atoms with van der Waals surface area (Å²) in [6, 6.07) is 20.7. The van der Waals surface area contributed by atoms with Crippen molar-refractivity contribution in [3.63, 3.8) is 0 Å². The fourth-order valence-corrected chi connectivity index (χ4v) is 2.89. The number of aliphatic hydroxyl groups is 1. The van der Waals surface area contributed by atoms with Gasteiger partial charge in [0.2, 0.25) is 0 Å². The molecule has 0 aliphatic carbocycles. The number of non-ortho nitro benzene ring substituents is 1. The maximum atomic E-state index is 12.1. The van der Waals surface area contributed by atoms with Crippen LogP contribution in [0.5, 0.6) is 0 Å². The van der Waals surface area contributed by atoms with E-state index in [2.05, 4.69) is 4.98 Å². The molecule has 1 aromatic heterocycles. The number of aliphatic hydroxyl groups excluding tert-OH is 1. The summed E-state index contributed by atoms with van der Waals surface area (Å²) in [6.07, 6.45) is 1.18. The Hall–Kier alpha value is -4.26. The van der Waals surface area contributed by atoms with Crippen LogP contribution in [0.15, 0.2) is 82.0 Å². The first-order valence-electron chi connectivity index (χ1n) is 8.67. The first-order chi connectivity index (χ1) is 14.0. The molecule has 0 aliphatic heterocycles. The lowest BCUT2D eigenvalue weighted by Crippen LogP contribution is -2.06. The summed E-state index contributed by atoms with van der Waals surface area (Å²) >= 11 is 0. The average molecular weight is 386 g/mol. The van der Waals surface area contributed by atoms with Crippen LogP contribution >= 0.6 is 0 Å². The summed E-state index contributed by atoms with van der Waals surface area (Å²) in [5.74, 6) is -0.172. The van der Waals surface area contributed by atoms with Crippen LogP contribution in [0.25, 0.3) is 34.1 Å². The number of nitrogens with zero attached hydrogens (tertiary/aromatic N) is 2. The van der Waals surface area contributed by atoms with Crippen molar-refractivity contribution in [3.8, 4) is 11.1 Å². The molecular formula is C22H14N2O5. The average Bonchev–Trinajstić information content (AvgIpc) is 2.74. The van der Waals surface area contributed by atoms with Gasteiger partial charge in [-0.15, -0.1) is 0 Å². The number of benzene rings is 3. The third-order valence-corrected chi connectivity index (χ3v) is 4.37. The maximum absolute atomic E-state index is 12.1. The quantitative estimate of drug-likeness (QED) is 0.306. The monoisotopic (exact) mass is 386 g/mol. The van der Waals surface area contributed by atoms with E-state index in [1.54, 1.807) is 12.1 Å². The van der Waals surface area contributed by atoms with Crippen molar-refractivity contribution < 1.29 is 14.4 Å². The Morgan fingerprint density at radius 3 is 2.38 bits per heavy atom. The van der Waals surface area contributed by atoms with E-state index in [1.807, 2.05) is 42.5 Å². The van der Waals surface area contributed by atoms with Crippen LogP contribution in [0.2, 0.25) is 0 Å². The Labute approximate surface area is 164 Å². The molecule has 0 radical (unpaired) electrons. The minimum Gasteiger partial charge on any atom is -0.507 e. The highest BCUT2D eigenvalue weighted by atomic mass is 16.6. The number of rotatable bonds is 4. The van der Waals surface area contributed by atoms with Crippen LogP contribution in [0, 0.1) is 10.1 Å². The molecule has 3 aromatic carbocycles. The first-order valence-corrected chi connectivity index (χ1v) is 8.67. The maximum Gasteiger partial charge on any atom is 0.362 e. The van der Waals surface area contributed by atoms with Gasteiger partial charge >= 0.3 is 5.63 Å². The lowest BCUT2D eigenvalue weighted by Gasteiger charge is -2.04. The standard InChI is InChI=1S/C22H14N2O5/c25-20(16-8-6-15(7-9-16)14-4-2-1-3-5-14)13-19-22(26)29-21-11-10-17(24(27)28)12-18(21)23-19/h1-13,25H/b20-13-. The molecule has 0 amide bonds. The van der Waals surface area contributed by atoms with E-state index >= 15 is 0 Å². The van der Waals surface area contributed by atoms with E-state index < -0.39 is 10.5 Å². The molecule has 0 saturated heterocycles. The first kappa shape index (κ1) is 18.1. The molecule has 4 aromatic rings. The molecule has 0 spiro atoms. The number of nitro benzene ring substituents is 1. The molecule has 0 fully saturated rings. The van der Waals surface area contributed by atoms with Crippen LogP contribution in [-0.4, -0.2) is 15.0 Å². The predicted octanol–water partition coefficient (Wildman–Crippen LogP) is 4.82. The van der Waals surface area contributed by atoms with Gasteiger partial charge in [-0.2, -0.15) is 0 Å². The second kappa shape index (κ2) is 7.40. The fourth-order valence-electron chi connectivity index (χ4n) is 2.89. The second-order valence-corrected chi connectivity index (χ2v) is 6.27. The van der Waals surface area contributed by atoms with Crippen molar-refractivity contribution in [2.45, 2.75) is 0 Å². The van der Waals surface area contributed by atoms with Crippen LogP contribution in [-0.2, 0) is 0 Å². The summed E-state index contributed by atoms with van der Waals surface area (Å²) in [4.78, 5) is 26.6. The Balaban J connectivity index is 1.69. The van der Waals surface area contributed by atoms with Crippen molar-refractivity contribution in [1.29, 1.82) is 0 Å². The number of nitro groups is 1. The summed E-state index contributed by atoms with van der Waals surface area (Å²) in [5.41, 5.74) is 1.72. The van der Waals surface area contributed by atoms with Gasteiger partial charge in [0.25, 0.3) is 5.69 Å². The van der Waals surface area contributed by atoms with Gasteiger partial charge in [0, 0.05) is 23.8 Å². The van der Waals surface area contributed by atoms with Crippen molar-refractivity contribution in [1.82, 2.24) is 4.98 Å². The van der Waals surface area contributed by atoms with Gasteiger partial charge in [-0.3, -0.25) is 10.1 Å². The Bertz CT molecular complexity index is 1290. The normalized spacial score (nSPS) is 11.5. The van der Waals surface area contributed by atoms with Gasteiger partial charge in [-0.05, 0) is 17.2 Å². The SMILES string of the molecule is O=c1oc2ccc([N+](=O)[O-])cc2nc1/C=C(\O)c1ccc(-c2ccccc2)cc1. The number of fused-ring (bicyclic) bond motifs is 1. The Kier molecular flexibility index (Phi) is 4.62. The van der Waals surface area contributed by atoms with Gasteiger partial charge in [0.05, 0.1) is 4.92 Å². The zero-order chi connectivity index (χ0) is 20.4. The van der Waals surface area contributed by atoms with Gasteiger partial charge < -0.3 is 9.52 Å². The number of hydrogen-bond donors (Lipinski definition) is 1. The third-order valence-electron chi connectivity index (χ3n) is 4.37. The number of aromatic nitrogens is 1. The minimum atomic E-state index is -0.751. The lowest BCUT2D eigenvalue weighted by molar-refractivity contribution is -0.384. The zero-order valence-electron chi connectivity index (χ0n) is 15.0. The smallest absolute Gasteiger partial charge is 0.362 e. The van der Waals surface area contributed by atoms with Crippen molar-refractivity contribution >= 4 is 28.6 Å². The van der Waals surface area contributed by atoms with Crippen LogP contribution < -0.4 is 5.63 Å². The topological polar surface area (TPSA) is 106 Å². The highest BCUT2D eigenvalue weighted by molar-refractivity contribution is 5.80. The molecule has 7 heteroatoms. The minimum absolute atomic E-state index is 0.129. The Morgan fingerprint density at radius 1 is 1.00 bits per heavy atom. The summed E-state index contributed by atoms with van der Waals surface area (Å²) in [6.45, 7) is 0. The summed E-state index contributed by atoms with van der Waals surface area (Å²) in [5, 5.41) is 21.3. The van der Waals surface area contributed by atoms with E-state index in [0.717, 1.165) is 11.1 Å². The van der Waals surface area contributed by atoms with Gasteiger partial charge in [0.15, 0.2) is 11.3 Å². The summed E-state index contributed by atoms with van der Waals surface area (Å²) < 4.78 is 5.14. The molecule has 142 valence electrons. The van der Waals surface area contributed by atoms with Crippen LogP contribution in [0.3, 0.4) is 0 Å². The predicted molar refractivity (Wildman–Crippen MR) is 109 cm³/mol. The molecule has 0 bridgehead atoms. The highest BCUT2D eigenvalue weighted by Crippen LogP contribution is 2.23. The van der Waals surface area contributed by atoms with Crippen LogP contribution in [0.4, 0.5) is 5.69 Å². The van der Waals surface area contributed by atoms with Gasteiger partial charge in [-0.25, -0.2) is 9.78 Å². The lowest BCUT2D eigenvalue weighted by atomic mass is 10.0. The molecule has 1 heterocycles. The zero-order valence-corrected chi connectivity index (χ0v) is 15.0. The molecule has 29 heavy (non-hydrogen) atoms. The van der Waals surface area contributed by atoms with Crippen molar-refractivity contribution in [3.05, 3.63) is 105 Å². The van der Waals surface area contributed by atoms with Crippen LogP contribution in [0.1, 0.15) is 11.3 Å². The van der Waals surface area contributed by atoms with E-state index in [-0.39, 0.29) is 28.2 Å². The molecular weight excluding hydrogens is 372 g/mol. The molecule has 7 nitrogen and oxygen atoms in total. The van der Waals surface area contributed by atoms with E-state index in [9.17, 15) is 20.0 Å². The van der Waals surface area contributed by atoms with E-state index in [4.69, 9.17) is 4.42 Å². The molecule has 1 N–H and O–H groups in total. The van der Waals surface area contributed by atoms with Gasteiger partial charge in [0.1, 0.15) is 11.3 Å². The van der Waals surface area contributed by atoms with Crippen molar-refractivity contribution in [2.75, 3.05) is 0 Å². The molecule has 0 atom stereocenters. The molecule has 0 aliphatic rings. The summed E-state index contributed by atoms with van der Waals surface area (Å²) in [7, 11) is 0. The van der Waals surface area contributed by atoms with E-state index in [1.165, 1.54) is 24.3 Å². The molecule has 0 unspecified atom stereocenters. The van der Waals surface area contributed by atoms with E-state index in [0.29, 0.717) is 5.56 Å². The molecule has 0 saturated carbocycles. The second-order valence-electron chi connectivity index (χ2n) is 6.27. The Morgan fingerprint density at radius 2 is 1.69 bits per heavy atom.